The molecule has 0 saturated carbocycles. The largest absolute Gasteiger partial charge is 0.497 e. The third kappa shape index (κ3) is 7.29. The number of anilines is 1. The molecule has 0 aliphatic carbocycles. The number of ether oxygens (including phenoxy) is 2. The third-order valence-corrected chi connectivity index (χ3v) is 7.96. The first-order valence-electron chi connectivity index (χ1n) is 12.7. The second-order valence-electron chi connectivity index (χ2n) is 8.72. The fourth-order valence-electron chi connectivity index (χ4n) is 4.19. The highest BCUT2D eigenvalue weighted by Gasteiger charge is 2.33. The van der Waals surface area contributed by atoms with Gasteiger partial charge in [-0.2, -0.15) is 0 Å². The molecule has 0 fully saturated rings. The van der Waals surface area contributed by atoms with Crippen molar-refractivity contribution in [2.24, 2.45) is 0 Å². The Labute approximate surface area is 230 Å². The van der Waals surface area contributed by atoms with Crippen LogP contribution >= 0.6 is 0 Å². The first kappa shape index (κ1) is 29.5. The van der Waals surface area contributed by atoms with Crippen LogP contribution in [-0.4, -0.2) is 58.5 Å². The van der Waals surface area contributed by atoms with Gasteiger partial charge in [-0.1, -0.05) is 43.3 Å². The van der Waals surface area contributed by atoms with Crippen molar-refractivity contribution in [2.45, 2.75) is 37.8 Å². The standard InChI is InChI=1S/C29H35N3O6S/c1-5-27(29(34)30-6-2)31(20-22-12-10-14-24(18-22)37-3)28(33)21-32(23-13-11-15-25(19-23)38-4)39(35,36)26-16-8-7-9-17-26/h7-19,27H,5-6,20-21H2,1-4H3,(H,30,34). The Bertz CT molecular complexity index is 1360. The lowest BCUT2D eigenvalue weighted by Crippen LogP contribution is -2.52. The van der Waals surface area contributed by atoms with E-state index in [0.717, 1.165) is 9.87 Å². The van der Waals surface area contributed by atoms with Crippen molar-refractivity contribution in [1.82, 2.24) is 10.2 Å². The van der Waals surface area contributed by atoms with Gasteiger partial charge in [0.2, 0.25) is 11.8 Å². The monoisotopic (exact) mass is 553 g/mol. The van der Waals surface area contributed by atoms with E-state index in [4.69, 9.17) is 9.47 Å². The zero-order chi connectivity index (χ0) is 28.4. The molecule has 3 rings (SSSR count). The van der Waals surface area contributed by atoms with Gasteiger partial charge in [0, 0.05) is 19.2 Å². The van der Waals surface area contributed by atoms with Crippen LogP contribution in [0.15, 0.2) is 83.8 Å². The van der Waals surface area contributed by atoms with E-state index in [1.54, 1.807) is 74.7 Å². The molecule has 1 N–H and O–H groups in total. The van der Waals surface area contributed by atoms with Crippen molar-refractivity contribution in [3.8, 4) is 11.5 Å². The molecule has 0 radical (unpaired) electrons. The zero-order valence-corrected chi connectivity index (χ0v) is 23.5. The van der Waals surface area contributed by atoms with E-state index in [1.807, 2.05) is 13.0 Å². The van der Waals surface area contributed by atoms with Gasteiger partial charge in [-0.3, -0.25) is 13.9 Å². The molecular weight excluding hydrogens is 518 g/mol. The maximum Gasteiger partial charge on any atom is 0.264 e. The molecule has 208 valence electrons. The number of sulfonamides is 1. The minimum atomic E-state index is -4.14. The lowest BCUT2D eigenvalue weighted by molar-refractivity contribution is -0.140. The van der Waals surface area contributed by atoms with Crippen LogP contribution in [0.25, 0.3) is 0 Å². The maximum absolute atomic E-state index is 14.0. The van der Waals surface area contributed by atoms with Crippen molar-refractivity contribution >= 4 is 27.5 Å². The molecular formula is C29H35N3O6S. The van der Waals surface area contributed by atoms with Gasteiger partial charge in [-0.15, -0.1) is 0 Å². The van der Waals surface area contributed by atoms with Gasteiger partial charge < -0.3 is 19.7 Å². The molecule has 0 aliphatic heterocycles. The highest BCUT2D eigenvalue weighted by Crippen LogP contribution is 2.28. The summed E-state index contributed by atoms with van der Waals surface area (Å²) in [6.07, 6.45) is 0.339. The number of hydrogen-bond acceptors (Lipinski definition) is 6. The van der Waals surface area contributed by atoms with Crippen molar-refractivity contribution < 1.29 is 27.5 Å². The SMILES string of the molecule is CCNC(=O)C(CC)N(Cc1cccc(OC)c1)C(=O)CN(c1cccc(OC)c1)S(=O)(=O)c1ccccc1. The second-order valence-corrected chi connectivity index (χ2v) is 10.6. The number of likely N-dealkylation sites (N-methyl/N-ethyl adjacent to an activating group) is 1. The lowest BCUT2D eigenvalue weighted by atomic mass is 10.1. The van der Waals surface area contributed by atoms with Crippen molar-refractivity contribution in [1.29, 1.82) is 0 Å². The summed E-state index contributed by atoms with van der Waals surface area (Å²) in [7, 11) is -1.12. The van der Waals surface area contributed by atoms with Crippen LogP contribution in [0.2, 0.25) is 0 Å². The Morgan fingerprint density at radius 1 is 0.872 bits per heavy atom. The Morgan fingerprint density at radius 3 is 2.13 bits per heavy atom. The number of carbonyl (C=O) groups excluding carboxylic acids is 2. The summed E-state index contributed by atoms with van der Waals surface area (Å²) in [4.78, 5) is 28.5. The van der Waals surface area contributed by atoms with Gasteiger partial charge in [0.25, 0.3) is 10.0 Å². The van der Waals surface area contributed by atoms with Crippen LogP contribution < -0.4 is 19.1 Å². The molecule has 9 nitrogen and oxygen atoms in total. The Morgan fingerprint density at radius 2 is 1.51 bits per heavy atom. The van der Waals surface area contributed by atoms with Gasteiger partial charge in [0.05, 0.1) is 24.8 Å². The van der Waals surface area contributed by atoms with Gasteiger partial charge in [-0.25, -0.2) is 8.42 Å². The molecule has 1 atom stereocenters. The van der Waals surface area contributed by atoms with Crippen LogP contribution in [0, 0.1) is 0 Å². The molecule has 0 saturated heterocycles. The number of amides is 2. The van der Waals surface area contributed by atoms with Crippen LogP contribution in [0.1, 0.15) is 25.8 Å². The minimum absolute atomic E-state index is 0.0377. The molecule has 3 aromatic carbocycles. The number of benzene rings is 3. The first-order chi connectivity index (χ1) is 18.7. The summed E-state index contributed by atoms with van der Waals surface area (Å²) < 4.78 is 39.3. The molecule has 0 bridgehead atoms. The molecule has 0 aromatic heterocycles. The van der Waals surface area contributed by atoms with Gasteiger partial charge in [0.15, 0.2) is 0 Å². The molecule has 3 aromatic rings. The fourth-order valence-corrected chi connectivity index (χ4v) is 5.62. The average molecular weight is 554 g/mol. The van der Waals surface area contributed by atoms with Gasteiger partial charge in [-0.05, 0) is 55.3 Å². The Kier molecular flexibility index (Phi) is 10.3. The maximum atomic E-state index is 14.0. The smallest absolute Gasteiger partial charge is 0.264 e. The number of nitrogens with zero attached hydrogens (tertiary/aromatic N) is 2. The summed E-state index contributed by atoms with van der Waals surface area (Å²) in [6, 6.07) is 20.8. The quantitative estimate of drug-likeness (QED) is 0.345. The molecule has 0 heterocycles. The summed E-state index contributed by atoms with van der Waals surface area (Å²) in [5.74, 6) is 0.208. The Hall–Kier alpha value is -4.05. The number of nitrogens with one attached hydrogen (secondary N) is 1. The average Bonchev–Trinajstić information content (AvgIpc) is 2.96. The topological polar surface area (TPSA) is 105 Å². The predicted molar refractivity (Wildman–Crippen MR) is 150 cm³/mol. The van der Waals surface area contributed by atoms with Crippen molar-refractivity contribution in [2.75, 3.05) is 31.6 Å². The molecule has 39 heavy (non-hydrogen) atoms. The van der Waals surface area contributed by atoms with Gasteiger partial charge >= 0.3 is 0 Å². The molecule has 1 unspecified atom stereocenters. The summed E-state index contributed by atoms with van der Waals surface area (Å²) >= 11 is 0. The zero-order valence-electron chi connectivity index (χ0n) is 22.7. The van der Waals surface area contributed by atoms with E-state index in [2.05, 4.69) is 5.32 Å². The Balaban J connectivity index is 2.07. The highest BCUT2D eigenvalue weighted by molar-refractivity contribution is 7.92. The van der Waals surface area contributed by atoms with Crippen LogP contribution in [-0.2, 0) is 26.2 Å². The highest BCUT2D eigenvalue weighted by atomic mass is 32.2. The number of hydrogen-bond donors (Lipinski definition) is 1. The number of rotatable bonds is 13. The fraction of sp³-hybridized carbons (Fsp3) is 0.310. The third-order valence-electron chi connectivity index (χ3n) is 6.18. The van der Waals surface area contributed by atoms with Crippen molar-refractivity contribution in [3.63, 3.8) is 0 Å². The summed E-state index contributed by atoms with van der Waals surface area (Å²) in [5.41, 5.74) is 1.00. The predicted octanol–water partition coefficient (Wildman–Crippen LogP) is 3.84. The van der Waals surface area contributed by atoms with E-state index in [9.17, 15) is 18.0 Å². The molecule has 10 heteroatoms. The first-order valence-corrected chi connectivity index (χ1v) is 14.1. The van der Waals surface area contributed by atoms with Gasteiger partial charge in [0.1, 0.15) is 24.1 Å². The van der Waals surface area contributed by atoms with Crippen LogP contribution in [0.4, 0.5) is 5.69 Å². The normalized spacial score (nSPS) is 11.8. The van der Waals surface area contributed by atoms with Crippen molar-refractivity contribution in [3.05, 3.63) is 84.4 Å². The summed E-state index contributed by atoms with van der Waals surface area (Å²) in [6.45, 7) is 3.57. The number of carbonyl (C=O) groups is 2. The van der Waals surface area contributed by atoms with E-state index in [-0.39, 0.29) is 23.0 Å². The van der Waals surface area contributed by atoms with E-state index < -0.39 is 28.5 Å². The van der Waals surface area contributed by atoms with Crippen LogP contribution in [0.3, 0.4) is 0 Å². The molecule has 0 spiro atoms. The van der Waals surface area contributed by atoms with E-state index in [1.165, 1.54) is 24.1 Å². The number of methoxy groups -OCH3 is 2. The lowest BCUT2D eigenvalue weighted by Gasteiger charge is -2.33. The molecule has 0 aliphatic rings. The molecule has 2 amide bonds. The second kappa shape index (κ2) is 13.7. The minimum Gasteiger partial charge on any atom is -0.497 e. The van der Waals surface area contributed by atoms with E-state index >= 15 is 0 Å². The van der Waals surface area contributed by atoms with Crippen LogP contribution in [0.5, 0.6) is 11.5 Å². The van der Waals surface area contributed by atoms with E-state index in [0.29, 0.717) is 24.5 Å². The summed E-state index contributed by atoms with van der Waals surface area (Å²) in [5, 5.41) is 2.79.